The third-order valence-electron chi connectivity index (χ3n) is 12.5. The lowest BCUT2D eigenvalue weighted by Gasteiger charge is -2.22. The Bertz CT molecular complexity index is 3220. The predicted octanol–water partition coefficient (Wildman–Crippen LogP) is 15.6. The normalized spacial score (nSPS) is 13.6. The van der Waals surface area contributed by atoms with Gasteiger partial charge in [-0.25, -0.2) is 0 Å². The van der Waals surface area contributed by atoms with Crippen molar-refractivity contribution in [1.29, 1.82) is 0 Å². The molecule has 56 heavy (non-hydrogen) atoms. The molecule has 0 amide bonds. The lowest BCUT2D eigenvalue weighted by atomic mass is 9.81. The molecule has 1 heteroatoms. The summed E-state index contributed by atoms with van der Waals surface area (Å²) in [7, 11) is 0. The van der Waals surface area contributed by atoms with Crippen LogP contribution in [0.3, 0.4) is 0 Å². The van der Waals surface area contributed by atoms with E-state index in [1.54, 1.807) is 0 Å². The summed E-state index contributed by atoms with van der Waals surface area (Å²) in [4.78, 5) is 0. The van der Waals surface area contributed by atoms with Crippen LogP contribution in [-0.4, -0.2) is 0 Å². The lowest BCUT2D eigenvalue weighted by Crippen LogP contribution is -2.15. The van der Waals surface area contributed by atoms with E-state index in [-0.39, 0.29) is 5.41 Å². The smallest absolute Gasteiger partial charge is 0.136 e. The fourth-order valence-electron chi connectivity index (χ4n) is 9.77. The molecule has 266 valence electrons. The van der Waals surface area contributed by atoms with Crippen LogP contribution < -0.4 is 0 Å². The zero-order valence-corrected chi connectivity index (χ0v) is 32.1. The van der Waals surface area contributed by atoms with E-state index < -0.39 is 0 Å². The highest BCUT2D eigenvalue weighted by Gasteiger charge is 2.37. The Balaban J connectivity index is 1.01. The number of hydrogen-bond acceptors (Lipinski definition) is 1. The number of benzene rings is 9. The summed E-state index contributed by atoms with van der Waals surface area (Å²) < 4.78 is 6.36. The summed E-state index contributed by atoms with van der Waals surface area (Å²) in [5, 5.41) is 10.0. The number of para-hydroxylation sites is 1. The number of hydrogen-bond donors (Lipinski definition) is 0. The van der Waals surface area contributed by atoms with Crippen molar-refractivity contribution < 1.29 is 4.42 Å². The van der Waals surface area contributed by atoms with Gasteiger partial charge in [0.25, 0.3) is 0 Å². The fourth-order valence-corrected chi connectivity index (χ4v) is 9.77. The highest BCUT2D eigenvalue weighted by molar-refractivity contribution is 6.24. The van der Waals surface area contributed by atoms with Crippen LogP contribution in [0.15, 0.2) is 168 Å². The van der Waals surface area contributed by atoms with Gasteiger partial charge in [0.15, 0.2) is 0 Å². The van der Waals surface area contributed by atoms with Gasteiger partial charge in [0.2, 0.25) is 0 Å². The van der Waals surface area contributed by atoms with Crippen molar-refractivity contribution in [3.05, 3.63) is 192 Å². The van der Waals surface area contributed by atoms with Gasteiger partial charge in [0.05, 0.1) is 0 Å². The van der Waals surface area contributed by atoms with Gasteiger partial charge in [0, 0.05) is 21.6 Å². The molecule has 1 aromatic heterocycles. The highest BCUT2D eigenvalue weighted by atomic mass is 16.3. The molecule has 1 heterocycles. The first kappa shape index (κ1) is 32.7. The SMILES string of the molecule is C/C(=C\c1ccc(-c2c3ccccc3c(-c3ccccc3)c3ccccc23)cc1C)c1ccc2c(c1)C(C)(C)c1ccc3ccc4oc5ccccc5c4c3c1-2. The van der Waals surface area contributed by atoms with E-state index in [1.165, 1.54) is 110 Å². The Morgan fingerprint density at radius 1 is 0.500 bits per heavy atom. The summed E-state index contributed by atoms with van der Waals surface area (Å²) in [5.41, 5.74) is 17.2. The van der Waals surface area contributed by atoms with Gasteiger partial charge in [-0.3, -0.25) is 0 Å². The largest absolute Gasteiger partial charge is 0.456 e. The average molecular weight is 717 g/mol. The van der Waals surface area contributed by atoms with Crippen LogP contribution in [0.2, 0.25) is 0 Å². The molecule has 0 atom stereocenters. The maximum atomic E-state index is 6.36. The summed E-state index contributed by atoms with van der Waals surface area (Å²) in [6.07, 6.45) is 2.36. The molecular formula is C55H40O. The topological polar surface area (TPSA) is 13.1 Å². The third kappa shape index (κ3) is 4.74. The van der Waals surface area contributed by atoms with Gasteiger partial charge in [0.1, 0.15) is 11.2 Å². The average Bonchev–Trinajstić information content (AvgIpc) is 3.72. The fraction of sp³-hybridized carbons (Fsp3) is 0.0909. The molecule has 10 aromatic rings. The Morgan fingerprint density at radius 3 is 1.82 bits per heavy atom. The number of fused-ring (bicyclic) bond motifs is 11. The van der Waals surface area contributed by atoms with Crippen LogP contribution >= 0.6 is 0 Å². The number of aryl methyl sites for hydroxylation is 1. The predicted molar refractivity (Wildman–Crippen MR) is 239 cm³/mol. The van der Waals surface area contributed by atoms with Crippen molar-refractivity contribution >= 4 is 65.9 Å². The van der Waals surface area contributed by atoms with Gasteiger partial charge < -0.3 is 4.42 Å². The van der Waals surface area contributed by atoms with Crippen molar-refractivity contribution in [1.82, 2.24) is 0 Å². The summed E-state index contributed by atoms with van der Waals surface area (Å²) in [6.45, 7) is 9.26. The van der Waals surface area contributed by atoms with Crippen molar-refractivity contribution in [2.75, 3.05) is 0 Å². The zero-order chi connectivity index (χ0) is 37.7. The maximum absolute atomic E-state index is 6.36. The van der Waals surface area contributed by atoms with E-state index in [9.17, 15) is 0 Å². The van der Waals surface area contributed by atoms with E-state index in [1.807, 2.05) is 0 Å². The van der Waals surface area contributed by atoms with Gasteiger partial charge in [-0.15, -0.1) is 0 Å². The van der Waals surface area contributed by atoms with Crippen molar-refractivity contribution in [2.45, 2.75) is 33.1 Å². The molecule has 0 spiro atoms. The van der Waals surface area contributed by atoms with Gasteiger partial charge >= 0.3 is 0 Å². The molecule has 1 aliphatic rings. The zero-order valence-electron chi connectivity index (χ0n) is 32.1. The molecule has 0 fully saturated rings. The Hall–Kier alpha value is -6.70. The maximum Gasteiger partial charge on any atom is 0.136 e. The molecule has 0 saturated carbocycles. The molecule has 0 radical (unpaired) electrons. The molecule has 0 saturated heterocycles. The summed E-state index contributed by atoms with van der Waals surface area (Å²) in [5.74, 6) is 0. The number of allylic oxidation sites excluding steroid dienone is 1. The van der Waals surface area contributed by atoms with E-state index in [0.717, 1.165) is 11.2 Å². The second-order valence-electron chi connectivity index (χ2n) is 16.1. The van der Waals surface area contributed by atoms with Gasteiger partial charge in [-0.2, -0.15) is 0 Å². The van der Waals surface area contributed by atoms with Crippen molar-refractivity contribution in [3.63, 3.8) is 0 Å². The number of rotatable bonds is 4. The van der Waals surface area contributed by atoms with Crippen LogP contribution in [0, 0.1) is 6.92 Å². The van der Waals surface area contributed by atoms with Crippen molar-refractivity contribution in [2.24, 2.45) is 0 Å². The molecule has 0 N–H and O–H groups in total. The van der Waals surface area contributed by atoms with Crippen LogP contribution in [0.1, 0.15) is 48.6 Å². The Morgan fingerprint density at radius 2 is 1.12 bits per heavy atom. The number of furan rings is 1. The monoisotopic (exact) mass is 716 g/mol. The van der Waals surface area contributed by atoms with Crippen LogP contribution in [0.4, 0.5) is 0 Å². The molecule has 11 rings (SSSR count). The van der Waals surface area contributed by atoms with E-state index >= 15 is 0 Å². The molecule has 1 aliphatic carbocycles. The lowest BCUT2D eigenvalue weighted by molar-refractivity contribution is 0.660. The molecule has 9 aromatic carbocycles. The van der Waals surface area contributed by atoms with Crippen LogP contribution in [-0.2, 0) is 5.41 Å². The molecule has 1 nitrogen and oxygen atoms in total. The summed E-state index contributed by atoms with van der Waals surface area (Å²) in [6, 6.07) is 60.1. The Kier molecular flexibility index (Phi) is 7.10. The summed E-state index contributed by atoms with van der Waals surface area (Å²) >= 11 is 0. The molecule has 0 unspecified atom stereocenters. The van der Waals surface area contributed by atoms with E-state index in [2.05, 4.69) is 198 Å². The standard InChI is InChI=1S/C55H40O/c1-33(38-24-27-44-47(32-38)55(3,4)46-28-25-36-26-29-49-54(52(36)53(44)46)45-20-12-13-21-48(45)56-49)30-37-22-23-39(31-34(37)2)51-42-18-10-8-16-40(42)50(35-14-6-5-7-15-35)41-17-9-11-19-43(41)51/h5-32H,1-4H3/b33-30+. The minimum Gasteiger partial charge on any atom is -0.456 e. The Labute approximate surface area is 327 Å². The van der Waals surface area contributed by atoms with Crippen LogP contribution in [0.25, 0.3) is 99.3 Å². The minimum absolute atomic E-state index is 0.143. The molecule has 0 bridgehead atoms. The minimum atomic E-state index is -0.143. The van der Waals surface area contributed by atoms with Gasteiger partial charge in [-0.05, 0) is 126 Å². The first-order chi connectivity index (χ1) is 27.4. The van der Waals surface area contributed by atoms with Crippen LogP contribution in [0.5, 0.6) is 0 Å². The van der Waals surface area contributed by atoms with E-state index in [0.29, 0.717) is 0 Å². The highest BCUT2D eigenvalue weighted by Crippen LogP contribution is 2.54. The first-order valence-electron chi connectivity index (χ1n) is 19.7. The van der Waals surface area contributed by atoms with E-state index in [4.69, 9.17) is 4.42 Å². The van der Waals surface area contributed by atoms with Gasteiger partial charge in [-0.1, -0.05) is 166 Å². The first-order valence-corrected chi connectivity index (χ1v) is 19.7. The molecule has 0 aliphatic heterocycles. The third-order valence-corrected chi connectivity index (χ3v) is 12.5. The second-order valence-corrected chi connectivity index (χ2v) is 16.1. The second kappa shape index (κ2) is 12.2. The quantitative estimate of drug-likeness (QED) is 0.131. The molecular weight excluding hydrogens is 677 g/mol. The van der Waals surface area contributed by atoms with Crippen molar-refractivity contribution in [3.8, 4) is 33.4 Å².